The van der Waals surface area contributed by atoms with Crippen LogP contribution in [0.5, 0.6) is 0 Å². The summed E-state index contributed by atoms with van der Waals surface area (Å²) >= 11 is 0. The summed E-state index contributed by atoms with van der Waals surface area (Å²) < 4.78 is 2.68. The van der Waals surface area contributed by atoms with Crippen LogP contribution in [-0.4, -0.2) is 22.6 Å². The molecule has 3 aliphatic heterocycles. The molecule has 0 amide bonds. The van der Waals surface area contributed by atoms with Gasteiger partial charge in [0.05, 0.1) is 6.04 Å². The third kappa shape index (κ3) is 1.16. The summed E-state index contributed by atoms with van der Waals surface area (Å²) in [4.78, 5) is 2.79. The lowest BCUT2D eigenvalue weighted by molar-refractivity contribution is 0.0139. The molecule has 5 rings (SSSR count). The Hall–Kier alpha value is -1.28. The van der Waals surface area contributed by atoms with E-state index in [1.54, 1.807) is 11.3 Å². The van der Waals surface area contributed by atoms with E-state index in [0.29, 0.717) is 11.5 Å². The molecule has 0 bridgehead atoms. The van der Waals surface area contributed by atoms with Crippen molar-refractivity contribution in [3.8, 4) is 0 Å². The van der Waals surface area contributed by atoms with Crippen LogP contribution in [-0.2, 0) is 13.0 Å². The van der Waals surface area contributed by atoms with Gasteiger partial charge in [-0.25, -0.2) is 0 Å². The Morgan fingerprint density at radius 3 is 3.05 bits per heavy atom. The van der Waals surface area contributed by atoms with Crippen molar-refractivity contribution in [3.63, 3.8) is 0 Å². The Kier molecular flexibility index (Phi) is 2.09. The number of benzene rings is 1. The highest BCUT2D eigenvalue weighted by atomic mass is 15.2. The highest BCUT2D eigenvalue weighted by Crippen LogP contribution is 2.57. The molecule has 104 valence electrons. The number of nitrogens with zero attached hydrogens (tertiary/aromatic N) is 2. The average molecular weight is 266 g/mol. The molecule has 0 radical (unpaired) electrons. The van der Waals surface area contributed by atoms with E-state index in [0.717, 1.165) is 0 Å². The summed E-state index contributed by atoms with van der Waals surface area (Å²) in [5.41, 5.74) is 5.35. The highest BCUT2D eigenvalue weighted by molar-refractivity contribution is 5.86. The maximum absolute atomic E-state index is 2.79. The van der Waals surface area contributed by atoms with Crippen LogP contribution in [0.3, 0.4) is 0 Å². The molecule has 0 saturated carbocycles. The van der Waals surface area contributed by atoms with E-state index in [1.807, 2.05) is 0 Å². The smallest absolute Gasteiger partial charge is 0.0577 e. The second-order valence-electron chi connectivity index (χ2n) is 6.98. The SMILES string of the molecule is CC[C@]12CCCN3CCc4c(n(c5ccccc45)C1)[C@H]32. The average Bonchev–Trinajstić information content (AvgIpc) is 3.00. The Balaban J connectivity index is 1.84. The summed E-state index contributed by atoms with van der Waals surface area (Å²) in [5.74, 6) is 0. The molecule has 0 aliphatic carbocycles. The van der Waals surface area contributed by atoms with Gasteiger partial charge >= 0.3 is 0 Å². The fourth-order valence-electron chi connectivity index (χ4n) is 5.35. The molecule has 2 aromatic rings. The van der Waals surface area contributed by atoms with E-state index in [4.69, 9.17) is 0 Å². The van der Waals surface area contributed by atoms with Gasteiger partial charge in [-0.05, 0) is 43.9 Å². The van der Waals surface area contributed by atoms with Crippen LogP contribution >= 0.6 is 0 Å². The molecule has 1 fully saturated rings. The molecule has 20 heavy (non-hydrogen) atoms. The molecule has 1 saturated heterocycles. The van der Waals surface area contributed by atoms with Crippen LogP contribution in [0.4, 0.5) is 0 Å². The normalized spacial score (nSPS) is 31.8. The van der Waals surface area contributed by atoms with Gasteiger partial charge < -0.3 is 4.57 Å². The lowest BCUT2D eigenvalue weighted by Gasteiger charge is -2.47. The standard InChI is InChI=1S/C18H22N2/c1-2-18-9-5-10-19-11-8-14-13-6-3-4-7-15(13)20(12-18)16(14)17(18)19/h3-4,6-7,17H,2,5,8-12H2,1H3/t17-,18-/m0/s1. The van der Waals surface area contributed by atoms with Crippen LogP contribution in [0, 0.1) is 5.41 Å². The molecule has 1 aromatic carbocycles. The van der Waals surface area contributed by atoms with Crippen molar-refractivity contribution in [3.05, 3.63) is 35.5 Å². The van der Waals surface area contributed by atoms with Crippen molar-refractivity contribution >= 4 is 10.9 Å². The van der Waals surface area contributed by atoms with Crippen LogP contribution in [0.1, 0.15) is 43.5 Å². The van der Waals surface area contributed by atoms with Crippen LogP contribution in [0.2, 0.25) is 0 Å². The number of aromatic nitrogens is 1. The summed E-state index contributed by atoms with van der Waals surface area (Å²) in [6, 6.07) is 9.78. The van der Waals surface area contributed by atoms with Crippen LogP contribution in [0.25, 0.3) is 10.9 Å². The van der Waals surface area contributed by atoms with E-state index in [9.17, 15) is 0 Å². The summed E-state index contributed by atoms with van der Waals surface area (Å²) in [6.07, 6.45) is 5.38. The van der Waals surface area contributed by atoms with Crippen molar-refractivity contribution in [1.82, 2.24) is 9.47 Å². The van der Waals surface area contributed by atoms with Crippen LogP contribution in [0.15, 0.2) is 24.3 Å². The zero-order valence-corrected chi connectivity index (χ0v) is 12.2. The van der Waals surface area contributed by atoms with Gasteiger partial charge in [-0.3, -0.25) is 4.90 Å². The topological polar surface area (TPSA) is 8.17 Å². The molecule has 0 unspecified atom stereocenters. The molecular weight excluding hydrogens is 244 g/mol. The predicted octanol–water partition coefficient (Wildman–Crippen LogP) is 3.74. The maximum Gasteiger partial charge on any atom is 0.0577 e. The zero-order chi connectivity index (χ0) is 13.3. The number of fused-ring (bicyclic) bond motifs is 3. The van der Waals surface area contributed by atoms with Crippen molar-refractivity contribution in [2.24, 2.45) is 5.41 Å². The lowest BCUT2D eigenvalue weighted by atomic mass is 9.70. The third-order valence-corrected chi connectivity index (χ3v) is 6.27. The predicted molar refractivity (Wildman–Crippen MR) is 81.9 cm³/mol. The third-order valence-electron chi connectivity index (χ3n) is 6.27. The molecule has 2 nitrogen and oxygen atoms in total. The van der Waals surface area contributed by atoms with Gasteiger partial charge in [-0.2, -0.15) is 0 Å². The number of para-hydroxylation sites is 1. The monoisotopic (exact) mass is 266 g/mol. The van der Waals surface area contributed by atoms with Crippen molar-refractivity contribution in [2.45, 2.75) is 45.2 Å². The van der Waals surface area contributed by atoms with E-state index < -0.39 is 0 Å². The molecule has 0 N–H and O–H groups in total. The zero-order valence-electron chi connectivity index (χ0n) is 12.2. The molecule has 0 spiro atoms. The van der Waals surface area contributed by atoms with Crippen LogP contribution < -0.4 is 0 Å². The largest absolute Gasteiger partial charge is 0.342 e. The fraction of sp³-hybridized carbons (Fsp3) is 0.556. The summed E-state index contributed by atoms with van der Waals surface area (Å²) in [6.45, 7) is 6.24. The first-order valence-electron chi connectivity index (χ1n) is 8.18. The minimum Gasteiger partial charge on any atom is -0.342 e. The van der Waals surface area contributed by atoms with Gasteiger partial charge in [0.1, 0.15) is 0 Å². The Morgan fingerprint density at radius 1 is 1.25 bits per heavy atom. The second-order valence-corrected chi connectivity index (χ2v) is 6.98. The van der Waals surface area contributed by atoms with E-state index >= 15 is 0 Å². The number of hydrogen-bond donors (Lipinski definition) is 0. The second kappa shape index (κ2) is 3.67. The van der Waals surface area contributed by atoms with Gasteiger partial charge in [0.2, 0.25) is 0 Å². The minimum absolute atomic E-state index is 0.521. The lowest BCUT2D eigenvalue weighted by Crippen LogP contribution is -2.46. The number of hydrogen-bond acceptors (Lipinski definition) is 1. The minimum atomic E-state index is 0.521. The van der Waals surface area contributed by atoms with Crippen molar-refractivity contribution in [2.75, 3.05) is 13.1 Å². The van der Waals surface area contributed by atoms with Gasteiger partial charge in [-0.1, -0.05) is 25.1 Å². The first-order chi connectivity index (χ1) is 9.84. The van der Waals surface area contributed by atoms with Gasteiger partial charge in [0.15, 0.2) is 0 Å². The van der Waals surface area contributed by atoms with Crippen molar-refractivity contribution < 1.29 is 0 Å². The summed E-state index contributed by atoms with van der Waals surface area (Å²) in [5, 5.41) is 1.53. The van der Waals surface area contributed by atoms with E-state index in [-0.39, 0.29) is 0 Å². The Morgan fingerprint density at radius 2 is 2.15 bits per heavy atom. The molecule has 2 atom stereocenters. The van der Waals surface area contributed by atoms with E-state index in [1.165, 1.54) is 56.2 Å². The van der Waals surface area contributed by atoms with Crippen molar-refractivity contribution in [1.29, 1.82) is 0 Å². The molecule has 1 aromatic heterocycles. The molecule has 2 heteroatoms. The maximum atomic E-state index is 2.79. The van der Waals surface area contributed by atoms with Gasteiger partial charge in [0.25, 0.3) is 0 Å². The molecule has 3 aliphatic rings. The first kappa shape index (κ1) is 11.4. The van der Waals surface area contributed by atoms with E-state index in [2.05, 4.69) is 40.7 Å². The number of piperidine rings is 1. The number of rotatable bonds is 1. The molecular formula is C18H22N2. The fourth-order valence-corrected chi connectivity index (χ4v) is 5.35. The molecule has 4 heterocycles. The Labute approximate surface area is 120 Å². The first-order valence-corrected chi connectivity index (χ1v) is 8.18. The quantitative estimate of drug-likeness (QED) is 0.763. The Bertz CT molecular complexity index is 699. The highest BCUT2D eigenvalue weighted by Gasteiger charge is 2.52. The van der Waals surface area contributed by atoms with Gasteiger partial charge in [-0.15, -0.1) is 0 Å². The van der Waals surface area contributed by atoms with Gasteiger partial charge in [0, 0.05) is 35.1 Å². The summed E-state index contributed by atoms with van der Waals surface area (Å²) in [7, 11) is 0.